The summed E-state index contributed by atoms with van der Waals surface area (Å²) in [5, 5.41) is 3.45. The van der Waals surface area contributed by atoms with Crippen molar-refractivity contribution in [1.29, 1.82) is 0 Å². The third kappa shape index (κ3) is 4.00. The van der Waals surface area contributed by atoms with Crippen molar-refractivity contribution in [1.82, 2.24) is 4.98 Å². The van der Waals surface area contributed by atoms with Crippen molar-refractivity contribution < 1.29 is 14.3 Å². The van der Waals surface area contributed by atoms with Gasteiger partial charge in [-0.15, -0.1) is 11.3 Å². The predicted octanol–water partition coefficient (Wildman–Crippen LogP) is 3.63. The van der Waals surface area contributed by atoms with E-state index in [1.807, 2.05) is 6.92 Å². The molecule has 6 heteroatoms. The summed E-state index contributed by atoms with van der Waals surface area (Å²) in [4.78, 5) is 29.9. The third-order valence-corrected chi connectivity index (χ3v) is 4.98. The van der Waals surface area contributed by atoms with Gasteiger partial charge in [-0.3, -0.25) is 9.59 Å². The third-order valence-electron chi connectivity index (χ3n) is 3.91. The van der Waals surface area contributed by atoms with Crippen LogP contribution in [0.25, 0.3) is 0 Å². The van der Waals surface area contributed by atoms with Crippen molar-refractivity contribution in [3.8, 4) is 5.75 Å². The quantitative estimate of drug-likeness (QED) is 0.779. The van der Waals surface area contributed by atoms with Crippen LogP contribution in [0.4, 0.5) is 5.13 Å². The molecule has 0 unspecified atom stereocenters. The molecule has 126 valence electrons. The average molecular weight is 344 g/mol. The number of amides is 1. The molecular weight excluding hydrogens is 324 g/mol. The molecule has 0 radical (unpaired) electrons. The molecule has 0 spiro atoms. The van der Waals surface area contributed by atoms with E-state index in [-0.39, 0.29) is 24.5 Å². The number of ether oxygens (including phenoxy) is 1. The summed E-state index contributed by atoms with van der Waals surface area (Å²) in [6, 6.07) is 7.01. The number of benzene rings is 1. The van der Waals surface area contributed by atoms with E-state index in [9.17, 15) is 9.59 Å². The molecule has 1 aliphatic rings. The van der Waals surface area contributed by atoms with Gasteiger partial charge in [-0.2, -0.15) is 0 Å². The molecule has 0 atom stereocenters. The van der Waals surface area contributed by atoms with Gasteiger partial charge >= 0.3 is 0 Å². The lowest BCUT2D eigenvalue weighted by Crippen LogP contribution is -2.13. The molecule has 2 aromatic rings. The summed E-state index contributed by atoms with van der Waals surface area (Å²) in [5.74, 6) is 0.528. The highest BCUT2D eigenvalue weighted by Crippen LogP contribution is 2.30. The maximum absolute atomic E-state index is 12.2. The zero-order valence-electron chi connectivity index (χ0n) is 13.6. The zero-order valence-corrected chi connectivity index (χ0v) is 14.4. The van der Waals surface area contributed by atoms with Crippen LogP contribution in [0.5, 0.6) is 5.75 Å². The van der Waals surface area contributed by atoms with Crippen LogP contribution in [0.2, 0.25) is 0 Å². The van der Waals surface area contributed by atoms with Gasteiger partial charge in [-0.25, -0.2) is 4.98 Å². The minimum Gasteiger partial charge on any atom is -0.494 e. The lowest BCUT2D eigenvalue weighted by molar-refractivity contribution is -0.116. The van der Waals surface area contributed by atoms with Gasteiger partial charge in [0.1, 0.15) is 5.75 Å². The van der Waals surface area contributed by atoms with Crippen molar-refractivity contribution in [2.75, 3.05) is 11.9 Å². The van der Waals surface area contributed by atoms with Crippen LogP contribution < -0.4 is 10.1 Å². The molecule has 1 aromatic heterocycles. The molecule has 0 aliphatic heterocycles. The Morgan fingerprint density at radius 2 is 2.00 bits per heavy atom. The first kappa shape index (κ1) is 16.6. The SMILES string of the molecule is CCOc1ccc(C(=O)CCC(=O)Nc2nc3c(s2)CCC3)cc1. The number of anilines is 1. The Bertz CT molecular complexity index is 716. The molecular formula is C18H20N2O3S. The van der Waals surface area contributed by atoms with Crippen LogP contribution in [0.1, 0.15) is 47.1 Å². The maximum Gasteiger partial charge on any atom is 0.226 e. The molecule has 1 aliphatic carbocycles. The van der Waals surface area contributed by atoms with Gasteiger partial charge in [0, 0.05) is 23.3 Å². The zero-order chi connectivity index (χ0) is 16.9. The molecule has 0 saturated heterocycles. The summed E-state index contributed by atoms with van der Waals surface area (Å²) in [6.07, 6.45) is 3.55. The first-order chi connectivity index (χ1) is 11.7. The number of Topliss-reactive ketones (excluding diaryl/α,β-unsaturated/α-hetero) is 1. The molecule has 1 N–H and O–H groups in total. The molecule has 1 amide bonds. The van der Waals surface area contributed by atoms with Gasteiger partial charge in [-0.05, 0) is 50.5 Å². The predicted molar refractivity (Wildman–Crippen MR) is 93.9 cm³/mol. The van der Waals surface area contributed by atoms with E-state index in [0.717, 1.165) is 30.7 Å². The van der Waals surface area contributed by atoms with Crippen molar-refractivity contribution in [3.05, 3.63) is 40.4 Å². The van der Waals surface area contributed by atoms with Gasteiger partial charge in [0.15, 0.2) is 10.9 Å². The van der Waals surface area contributed by atoms with E-state index in [1.54, 1.807) is 35.6 Å². The molecule has 3 rings (SSSR count). The van der Waals surface area contributed by atoms with Gasteiger partial charge in [0.05, 0.1) is 12.3 Å². The minimum absolute atomic E-state index is 0.0465. The fourth-order valence-corrected chi connectivity index (χ4v) is 3.77. The van der Waals surface area contributed by atoms with E-state index in [1.165, 1.54) is 4.88 Å². The molecule has 0 fully saturated rings. The van der Waals surface area contributed by atoms with Crippen LogP contribution in [-0.4, -0.2) is 23.3 Å². The molecule has 5 nitrogen and oxygen atoms in total. The Morgan fingerprint density at radius 1 is 1.21 bits per heavy atom. The van der Waals surface area contributed by atoms with Crippen LogP contribution in [-0.2, 0) is 17.6 Å². The van der Waals surface area contributed by atoms with Gasteiger partial charge in [0.2, 0.25) is 5.91 Å². The Hall–Kier alpha value is -2.21. The highest BCUT2D eigenvalue weighted by atomic mass is 32.1. The Kier molecular flexibility index (Phi) is 5.25. The molecule has 0 saturated carbocycles. The van der Waals surface area contributed by atoms with Crippen LogP contribution in [0.15, 0.2) is 24.3 Å². The number of rotatable bonds is 7. The second kappa shape index (κ2) is 7.57. The fraction of sp³-hybridized carbons (Fsp3) is 0.389. The van der Waals surface area contributed by atoms with E-state index >= 15 is 0 Å². The number of thiazole rings is 1. The molecule has 0 bridgehead atoms. The van der Waals surface area contributed by atoms with E-state index in [4.69, 9.17) is 4.74 Å². The number of nitrogens with one attached hydrogen (secondary N) is 1. The number of aromatic nitrogens is 1. The van der Waals surface area contributed by atoms with Gasteiger partial charge in [0.25, 0.3) is 0 Å². The number of aryl methyl sites for hydroxylation is 2. The smallest absolute Gasteiger partial charge is 0.226 e. The summed E-state index contributed by atoms with van der Waals surface area (Å²) in [6.45, 7) is 2.50. The van der Waals surface area contributed by atoms with Crippen LogP contribution in [0.3, 0.4) is 0 Å². The first-order valence-corrected chi connectivity index (χ1v) is 9.02. The monoisotopic (exact) mass is 344 g/mol. The van der Waals surface area contributed by atoms with E-state index < -0.39 is 0 Å². The molecule has 24 heavy (non-hydrogen) atoms. The van der Waals surface area contributed by atoms with E-state index in [2.05, 4.69) is 10.3 Å². The van der Waals surface area contributed by atoms with Gasteiger partial charge in [-0.1, -0.05) is 0 Å². The summed E-state index contributed by atoms with van der Waals surface area (Å²) in [5.41, 5.74) is 1.71. The number of carbonyl (C=O) groups excluding carboxylic acids is 2. The fourth-order valence-electron chi connectivity index (χ4n) is 2.70. The Balaban J connectivity index is 1.48. The largest absolute Gasteiger partial charge is 0.494 e. The molecule has 1 heterocycles. The highest BCUT2D eigenvalue weighted by Gasteiger charge is 2.18. The van der Waals surface area contributed by atoms with Gasteiger partial charge < -0.3 is 10.1 Å². The maximum atomic E-state index is 12.2. The number of ketones is 1. The van der Waals surface area contributed by atoms with E-state index in [0.29, 0.717) is 17.3 Å². The lowest BCUT2D eigenvalue weighted by atomic mass is 10.1. The van der Waals surface area contributed by atoms with Crippen LogP contribution in [0, 0.1) is 0 Å². The second-order valence-electron chi connectivity index (χ2n) is 5.67. The van der Waals surface area contributed by atoms with Crippen molar-refractivity contribution >= 4 is 28.2 Å². The molecule has 1 aromatic carbocycles. The normalized spacial score (nSPS) is 12.7. The summed E-state index contributed by atoms with van der Waals surface area (Å²) < 4.78 is 5.35. The topological polar surface area (TPSA) is 68.3 Å². The number of fused-ring (bicyclic) bond motifs is 1. The lowest BCUT2D eigenvalue weighted by Gasteiger charge is -2.05. The Labute approximate surface area is 145 Å². The van der Waals surface area contributed by atoms with Crippen LogP contribution >= 0.6 is 11.3 Å². The standard InChI is InChI=1S/C18H20N2O3S/c1-2-23-13-8-6-12(7-9-13)15(21)10-11-17(22)20-18-19-14-4-3-5-16(14)24-18/h6-9H,2-5,10-11H2,1H3,(H,19,20,22). The highest BCUT2D eigenvalue weighted by molar-refractivity contribution is 7.15. The summed E-state index contributed by atoms with van der Waals surface area (Å²) in [7, 11) is 0. The second-order valence-corrected chi connectivity index (χ2v) is 6.75. The Morgan fingerprint density at radius 3 is 2.71 bits per heavy atom. The number of hydrogen-bond acceptors (Lipinski definition) is 5. The average Bonchev–Trinajstić information content (AvgIpc) is 3.15. The minimum atomic E-state index is -0.165. The number of nitrogens with zero attached hydrogens (tertiary/aromatic N) is 1. The number of hydrogen-bond donors (Lipinski definition) is 1. The first-order valence-electron chi connectivity index (χ1n) is 8.20. The van der Waals surface area contributed by atoms with Crippen molar-refractivity contribution in [2.45, 2.75) is 39.0 Å². The van der Waals surface area contributed by atoms with Crippen molar-refractivity contribution in [2.24, 2.45) is 0 Å². The summed E-state index contributed by atoms with van der Waals surface area (Å²) >= 11 is 1.55. The van der Waals surface area contributed by atoms with Crippen molar-refractivity contribution in [3.63, 3.8) is 0 Å². The number of carbonyl (C=O) groups is 2.